The van der Waals surface area contributed by atoms with E-state index in [0.717, 1.165) is 12.1 Å². The van der Waals surface area contributed by atoms with Crippen LogP contribution in [0.15, 0.2) is 48.5 Å². The fourth-order valence-corrected chi connectivity index (χ4v) is 3.22. The molecule has 0 atom stereocenters. The fourth-order valence-electron chi connectivity index (χ4n) is 2.61. The molecule has 0 aliphatic heterocycles. The van der Waals surface area contributed by atoms with E-state index in [1.54, 1.807) is 6.07 Å². The summed E-state index contributed by atoms with van der Waals surface area (Å²) >= 11 is 1.28. The lowest BCUT2D eigenvalue weighted by Gasteiger charge is -2.11. The van der Waals surface area contributed by atoms with Gasteiger partial charge >= 0.3 is 0 Å². The number of anilines is 2. The summed E-state index contributed by atoms with van der Waals surface area (Å²) in [5, 5.41) is 5.69. The molecule has 2 rings (SSSR count). The van der Waals surface area contributed by atoms with E-state index in [4.69, 9.17) is 4.74 Å². The molecule has 0 unspecified atom stereocenters. The van der Waals surface area contributed by atoms with Crippen molar-refractivity contribution < 1.29 is 14.3 Å². The highest BCUT2D eigenvalue weighted by Crippen LogP contribution is 2.23. The van der Waals surface area contributed by atoms with E-state index < -0.39 is 0 Å². The van der Waals surface area contributed by atoms with Gasteiger partial charge in [0.1, 0.15) is 5.75 Å². The van der Waals surface area contributed by atoms with Gasteiger partial charge in [-0.25, -0.2) is 0 Å². The number of nitrogens with one attached hydrogen (secondary N) is 2. The molecule has 2 aromatic carbocycles. The number of benzene rings is 2. The number of ether oxygens (including phenoxy) is 1. The van der Waals surface area contributed by atoms with Gasteiger partial charge in [0.05, 0.1) is 23.8 Å². The highest BCUT2D eigenvalue weighted by molar-refractivity contribution is 8.00. The number of thioether (sulfide) groups is 1. The molecule has 0 fully saturated rings. The number of rotatable bonds is 11. The molecule has 5 nitrogen and oxygen atoms in total. The highest BCUT2D eigenvalue weighted by Gasteiger charge is 2.09. The van der Waals surface area contributed by atoms with Gasteiger partial charge in [0, 0.05) is 5.69 Å². The summed E-state index contributed by atoms with van der Waals surface area (Å²) in [6.45, 7) is 4.59. The Bertz CT molecular complexity index is 763. The smallest absolute Gasteiger partial charge is 0.234 e. The van der Waals surface area contributed by atoms with Crippen molar-refractivity contribution in [3.8, 4) is 5.75 Å². The topological polar surface area (TPSA) is 67.4 Å². The van der Waals surface area contributed by atoms with Gasteiger partial charge in [0.15, 0.2) is 0 Å². The van der Waals surface area contributed by atoms with Crippen LogP contribution in [0.5, 0.6) is 5.75 Å². The van der Waals surface area contributed by atoms with E-state index in [2.05, 4.69) is 17.6 Å². The highest BCUT2D eigenvalue weighted by atomic mass is 32.2. The number of unbranched alkanes of at least 4 members (excludes halogenated alkanes) is 1. The van der Waals surface area contributed by atoms with Gasteiger partial charge in [-0.15, -0.1) is 11.8 Å². The van der Waals surface area contributed by atoms with Crippen LogP contribution in [0, 0.1) is 0 Å². The molecule has 0 aromatic heterocycles. The number of carbonyl (C=O) groups excluding carboxylic acids is 2. The van der Waals surface area contributed by atoms with Crippen LogP contribution in [0.1, 0.15) is 32.3 Å². The number of hydrogen-bond acceptors (Lipinski definition) is 4. The van der Waals surface area contributed by atoms with E-state index >= 15 is 0 Å². The van der Waals surface area contributed by atoms with Gasteiger partial charge in [-0.2, -0.15) is 0 Å². The van der Waals surface area contributed by atoms with Crippen LogP contribution in [0.2, 0.25) is 0 Å². The van der Waals surface area contributed by atoms with Crippen molar-refractivity contribution in [2.75, 3.05) is 28.7 Å². The molecule has 0 radical (unpaired) electrons. The minimum Gasteiger partial charge on any atom is -0.492 e. The third kappa shape index (κ3) is 7.64. The molecule has 0 aliphatic carbocycles. The second kappa shape index (κ2) is 12.1. The largest absolute Gasteiger partial charge is 0.492 e. The average Bonchev–Trinajstić information content (AvgIpc) is 2.69. The third-order valence-electron chi connectivity index (χ3n) is 3.98. The third-order valence-corrected chi connectivity index (χ3v) is 4.92. The zero-order chi connectivity index (χ0) is 20.2. The van der Waals surface area contributed by atoms with Crippen molar-refractivity contribution in [1.82, 2.24) is 0 Å². The maximum Gasteiger partial charge on any atom is 0.234 e. The van der Waals surface area contributed by atoms with Crippen molar-refractivity contribution in [2.24, 2.45) is 0 Å². The van der Waals surface area contributed by atoms with Crippen LogP contribution in [-0.2, 0) is 16.0 Å². The van der Waals surface area contributed by atoms with Crippen molar-refractivity contribution >= 4 is 35.0 Å². The molecule has 0 bridgehead atoms. The first-order chi connectivity index (χ1) is 13.6. The number of amides is 2. The monoisotopic (exact) mass is 400 g/mol. The zero-order valence-electron chi connectivity index (χ0n) is 16.5. The Morgan fingerprint density at radius 3 is 2.29 bits per heavy atom. The first-order valence-corrected chi connectivity index (χ1v) is 10.8. The molecule has 0 heterocycles. The Balaban J connectivity index is 1.72. The van der Waals surface area contributed by atoms with E-state index in [1.165, 1.54) is 30.2 Å². The van der Waals surface area contributed by atoms with Gasteiger partial charge in [-0.1, -0.05) is 37.6 Å². The Morgan fingerprint density at radius 1 is 0.929 bits per heavy atom. The first-order valence-electron chi connectivity index (χ1n) is 9.60. The predicted octanol–water partition coefficient (Wildman–Crippen LogP) is 4.74. The maximum absolute atomic E-state index is 12.1. The minimum absolute atomic E-state index is 0.117. The van der Waals surface area contributed by atoms with Crippen molar-refractivity contribution in [3.05, 3.63) is 54.1 Å². The van der Waals surface area contributed by atoms with E-state index in [-0.39, 0.29) is 23.3 Å². The minimum atomic E-state index is -0.162. The zero-order valence-corrected chi connectivity index (χ0v) is 17.3. The van der Waals surface area contributed by atoms with Gasteiger partial charge in [0.25, 0.3) is 0 Å². The van der Waals surface area contributed by atoms with Crippen LogP contribution < -0.4 is 15.4 Å². The van der Waals surface area contributed by atoms with Crippen molar-refractivity contribution in [2.45, 2.75) is 33.1 Å². The Labute approximate surface area is 171 Å². The average molecular weight is 401 g/mol. The van der Waals surface area contributed by atoms with Gasteiger partial charge < -0.3 is 15.4 Å². The molecule has 0 spiro atoms. The van der Waals surface area contributed by atoms with Gasteiger partial charge in [0.2, 0.25) is 11.8 Å². The summed E-state index contributed by atoms with van der Waals surface area (Å²) in [7, 11) is 0. The molecule has 6 heteroatoms. The Kier molecular flexibility index (Phi) is 9.42. The lowest BCUT2D eigenvalue weighted by atomic mass is 10.1. The molecule has 0 saturated heterocycles. The molecule has 2 N–H and O–H groups in total. The van der Waals surface area contributed by atoms with E-state index in [0.29, 0.717) is 18.0 Å². The Morgan fingerprint density at radius 2 is 1.61 bits per heavy atom. The number of aryl methyl sites for hydroxylation is 1. The summed E-state index contributed by atoms with van der Waals surface area (Å²) in [4.78, 5) is 24.2. The molecule has 0 saturated carbocycles. The molecular weight excluding hydrogens is 372 g/mol. The van der Waals surface area contributed by atoms with Crippen LogP contribution >= 0.6 is 11.8 Å². The maximum atomic E-state index is 12.1. The summed E-state index contributed by atoms with van der Waals surface area (Å²) in [5.74, 6) is 0.782. The molecular formula is C22H28N2O3S. The van der Waals surface area contributed by atoms with Crippen LogP contribution in [0.3, 0.4) is 0 Å². The quantitative estimate of drug-likeness (QED) is 0.572. The van der Waals surface area contributed by atoms with Crippen LogP contribution in [0.4, 0.5) is 11.4 Å². The predicted molar refractivity (Wildman–Crippen MR) is 117 cm³/mol. The van der Waals surface area contributed by atoms with Crippen molar-refractivity contribution in [3.63, 3.8) is 0 Å². The number of carbonyl (C=O) groups is 2. The lowest BCUT2D eigenvalue weighted by molar-refractivity contribution is -0.114. The summed E-state index contributed by atoms with van der Waals surface area (Å²) in [6, 6.07) is 15.2. The van der Waals surface area contributed by atoms with Crippen LogP contribution in [-0.4, -0.2) is 29.9 Å². The Hall–Kier alpha value is -2.47. The first kappa shape index (κ1) is 21.8. The summed E-state index contributed by atoms with van der Waals surface area (Å²) < 4.78 is 5.49. The van der Waals surface area contributed by atoms with Gasteiger partial charge in [-0.3, -0.25) is 9.59 Å². The second-order valence-electron chi connectivity index (χ2n) is 6.32. The summed E-state index contributed by atoms with van der Waals surface area (Å²) in [5.41, 5.74) is 2.70. The van der Waals surface area contributed by atoms with E-state index in [1.807, 2.05) is 49.4 Å². The lowest BCUT2D eigenvalue weighted by Crippen LogP contribution is -2.18. The van der Waals surface area contributed by atoms with Crippen LogP contribution in [0.25, 0.3) is 0 Å². The fraction of sp³-hybridized carbons (Fsp3) is 0.364. The molecule has 2 aromatic rings. The SMILES string of the molecule is CCCCc1ccc(NC(=O)CSCC(=O)Nc2ccccc2OCC)cc1. The van der Waals surface area contributed by atoms with E-state index in [9.17, 15) is 9.59 Å². The standard InChI is InChI=1S/C22H28N2O3S/c1-3-5-8-17-11-13-18(14-12-17)23-21(25)15-28-16-22(26)24-19-9-6-7-10-20(19)27-4-2/h6-7,9-14H,3-5,8,15-16H2,1-2H3,(H,23,25)(H,24,26). The molecule has 2 amide bonds. The summed E-state index contributed by atoms with van der Waals surface area (Å²) in [6.07, 6.45) is 3.39. The number of para-hydroxylation sites is 2. The van der Waals surface area contributed by atoms with Gasteiger partial charge in [-0.05, 0) is 49.6 Å². The number of hydrogen-bond donors (Lipinski definition) is 2. The normalized spacial score (nSPS) is 10.4. The second-order valence-corrected chi connectivity index (χ2v) is 7.30. The molecule has 0 aliphatic rings. The molecule has 150 valence electrons. The van der Waals surface area contributed by atoms with Crippen molar-refractivity contribution in [1.29, 1.82) is 0 Å². The molecule has 28 heavy (non-hydrogen) atoms.